The van der Waals surface area contributed by atoms with E-state index in [1.807, 2.05) is 0 Å². The maximum atomic E-state index is 13.4. The van der Waals surface area contributed by atoms with Crippen molar-refractivity contribution in [2.75, 3.05) is 0 Å². The number of nitriles is 6. The summed E-state index contributed by atoms with van der Waals surface area (Å²) in [6, 6.07) is 14.6. The van der Waals surface area contributed by atoms with Gasteiger partial charge >= 0.3 is 6.18 Å². The number of rotatable bonds is 1. The Labute approximate surface area is 167 Å². The first kappa shape index (κ1) is 21.2. The van der Waals surface area contributed by atoms with Crippen LogP contribution in [0, 0.1) is 68.0 Å². The van der Waals surface area contributed by atoms with Gasteiger partial charge in [-0.25, -0.2) is 0 Å². The van der Waals surface area contributed by atoms with Crippen molar-refractivity contribution in [2.45, 2.75) is 6.18 Å². The van der Waals surface area contributed by atoms with E-state index in [0.717, 1.165) is 24.3 Å². The van der Waals surface area contributed by atoms with Gasteiger partial charge in [-0.05, 0) is 12.1 Å². The normalized spacial score (nSPS) is 10.8. The molecule has 0 bridgehead atoms. The molecule has 30 heavy (non-hydrogen) atoms. The monoisotopic (exact) mass is 398 g/mol. The molecule has 0 fully saturated rings. The maximum Gasteiger partial charge on any atom is 0.417 e. The van der Waals surface area contributed by atoms with Crippen LogP contribution in [0.3, 0.4) is 0 Å². The Morgan fingerprint density at radius 1 is 0.767 bits per heavy atom. The standard InChI is InChI=1S/C21H5F3N6/c22-21(23,24)19-4-2-1-3-14(19)16(9-28)15-5-12(6-25)20(13(7-26)8-27)18(11-30)17(15)10-29/h1-5H/b16-15+. The van der Waals surface area contributed by atoms with Gasteiger partial charge in [0.1, 0.15) is 35.9 Å². The van der Waals surface area contributed by atoms with E-state index in [1.54, 1.807) is 24.3 Å². The molecule has 0 radical (unpaired) electrons. The van der Waals surface area contributed by atoms with Gasteiger partial charge in [0.25, 0.3) is 0 Å². The van der Waals surface area contributed by atoms with Gasteiger partial charge in [-0.15, -0.1) is 0 Å². The summed E-state index contributed by atoms with van der Waals surface area (Å²) in [5.74, 6) is 0. The molecule has 0 saturated carbocycles. The lowest BCUT2D eigenvalue weighted by atomic mass is 9.91. The average molecular weight is 398 g/mol. The Morgan fingerprint density at radius 3 is 1.83 bits per heavy atom. The largest absolute Gasteiger partial charge is 0.417 e. The van der Waals surface area contributed by atoms with Gasteiger partial charge < -0.3 is 0 Å². The van der Waals surface area contributed by atoms with Crippen LogP contribution in [0.4, 0.5) is 13.2 Å². The zero-order valence-electron chi connectivity index (χ0n) is 14.7. The van der Waals surface area contributed by atoms with Crippen molar-refractivity contribution in [2.24, 2.45) is 0 Å². The minimum Gasteiger partial charge on any atom is -0.192 e. The van der Waals surface area contributed by atoms with E-state index in [4.69, 9.17) is 10.5 Å². The molecule has 0 N–H and O–H groups in total. The third-order valence-corrected chi connectivity index (χ3v) is 4.03. The molecule has 0 aromatic heterocycles. The molecule has 2 rings (SSSR count). The highest BCUT2D eigenvalue weighted by Gasteiger charge is 2.34. The van der Waals surface area contributed by atoms with Crippen LogP contribution in [-0.4, -0.2) is 0 Å². The van der Waals surface area contributed by atoms with E-state index in [-0.39, 0.29) is 5.22 Å². The van der Waals surface area contributed by atoms with E-state index < -0.39 is 50.4 Å². The van der Waals surface area contributed by atoms with Gasteiger partial charge in [-0.2, -0.15) is 44.7 Å². The second-order valence-corrected chi connectivity index (χ2v) is 5.56. The van der Waals surface area contributed by atoms with Crippen molar-refractivity contribution in [3.8, 4) is 36.4 Å². The molecule has 2 aromatic rings. The summed E-state index contributed by atoms with van der Waals surface area (Å²) in [6.07, 6.45) is -4.82. The first-order chi connectivity index (χ1) is 14.3. The summed E-state index contributed by atoms with van der Waals surface area (Å²) in [5, 5.41) is 55.5. The van der Waals surface area contributed by atoms with Crippen molar-refractivity contribution in [1.82, 2.24) is 0 Å². The molecule has 0 aliphatic rings. The fourth-order valence-corrected chi connectivity index (χ4v) is 2.81. The van der Waals surface area contributed by atoms with Crippen LogP contribution in [0.1, 0.15) is 27.8 Å². The van der Waals surface area contributed by atoms with Crippen LogP contribution >= 0.6 is 0 Å². The molecule has 0 atom stereocenters. The molecule has 6 nitrogen and oxygen atoms in total. The van der Waals surface area contributed by atoms with Crippen molar-refractivity contribution < 1.29 is 13.2 Å². The Kier molecular flexibility index (Phi) is 5.86. The first-order valence-electron chi connectivity index (χ1n) is 7.81. The lowest BCUT2D eigenvalue weighted by Crippen LogP contribution is -2.26. The van der Waals surface area contributed by atoms with Crippen LogP contribution in [0.2, 0.25) is 0 Å². The highest BCUT2D eigenvalue weighted by molar-refractivity contribution is 5.82. The summed E-state index contributed by atoms with van der Waals surface area (Å²) >= 11 is 0. The molecule has 9 heteroatoms. The van der Waals surface area contributed by atoms with Gasteiger partial charge in [0.05, 0.1) is 33.9 Å². The van der Waals surface area contributed by atoms with Crippen LogP contribution in [0.15, 0.2) is 30.3 Å². The maximum absolute atomic E-state index is 13.4. The third kappa shape index (κ3) is 3.52. The van der Waals surface area contributed by atoms with Crippen molar-refractivity contribution in [3.05, 3.63) is 68.6 Å². The molecule has 0 saturated heterocycles. The minimum atomic E-state index is -4.82. The van der Waals surface area contributed by atoms with Gasteiger partial charge in [0.2, 0.25) is 0 Å². The summed E-state index contributed by atoms with van der Waals surface area (Å²) < 4.78 is 40.3. The number of halogens is 3. The molecule has 0 unspecified atom stereocenters. The van der Waals surface area contributed by atoms with Crippen molar-refractivity contribution in [3.63, 3.8) is 0 Å². The first-order valence-corrected chi connectivity index (χ1v) is 7.81. The van der Waals surface area contributed by atoms with Crippen molar-refractivity contribution in [1.29, 1.82) is 31.6 Å². The Hall–Kier alpha value is -5.09. The van der Waals surface area contributed by atoms with E-state index in [1.165, 1.54) is 18.2 Å². The van der Waals surface area contributed by atoms with Gasteiger partial charge in [-0.3, -0.25) is 0 Å². The second-order valence-electron chi connectivity index (χ2n) is 5.56. The molecular formula is C21H5F3N6. The molecular weight excluding hydrogens is 393 g/mol. The molecule has 2 aromatic carbocycles. The number of alkyl halides is 3. The summed E-state index contributed by atoms with van der Waals surface area (Å²) in [6.45, 7) is 0. The number of hydrogen-bond donors (Lipinski definition) is 0. The van der Waals surface area contributed by atoms with E-state index in [0.29, 0.717) is 0 Å². The third-order valence-electron chi connectivity index (χ3n) is 4.03. The second kappa shape index (κ2) is 8.29. The predicted molar refractivity (Wildman–Crippen MR) is 94.0 cm³/mol. The van der Waals surface area contributed by atoms with Crippen LogP contribution in [0.25, 0.3) is 11.1 Å². The molecule has 0 spiro atoms. The smallest absolute Gasteiger partial charge is 0.192 e. The zero-order valence-corrected chi connectivity index (χ0v) is 14.7. The molecule has 0 heterocycles. The SMILES string of the molecule is N#CC(C#N)=c1c(C#N)c/c(=C(/C#N)c2ccccc2C(F)(F)F)c(C#N)c1C#N. The number of benzene rings is 2. The number of hydrogen-bond acceptors (Lipinski definition) is 6. The minimum absolute atomic E-state index is 0.385. The predicted octanol–water partition coefficient (Wildman–Crippen LogP) is 2.24. The Balaban J connectivity index is 3.32. The van der Waals surface area contributed by atoms with Gasteiger partial charge in [-0.1, -0.05) is 18.2 Å². The van der Waals surface area contributed by atoms with E-state index >= 15 is 0 Å². The van der Waals surface area contributed by atoms with Crippen LogP contribution < -0.4 is 10.4 Å². The van der Waals surface area contributed by atoms with E-state index in [9.17, 15) is 34.2 Å². The summed E-state index contributed by atoms with van der Waals surface area (Å²) in [4.78, 5) is 0. The molecule has 140 valence electrons. The lowest BCUT2D eigenvalue weighted by Gasteiger charge is -2.12. The lowest BCUT2D eigenvalue weighted by molar-refractivity contribution is -0.137. The fourth-order valence-electron chi connectivity index (χ4n) is 2.81. The topological polar surface area (TPSA) is 143 Å². The summed E-state index contributed by atoms with van der Waals surface area (Å²) in [5.41, 5.74) is -4.39. The average Bonchev–Trinajstić information content (AvgIpc) is 2.74. The number of nitrogens with zero attached hydrogens (tertiary/aromatic N) is 6. The zero-order chi connectivity index (χ0) is 22.5. The van der Waals surface area contributed by atoms with Crippen molar-refractivity contribution >= 4 is 11.1 Å². The highest BCUT2D eigenvalue weighted by atomic mass is 19.4. The van der Waals surface area contributed by atoms with Crippen LogP contribution in [-0.2, 0) is 6.18 Å². The van der Waals surface area contributed by atoms with E-state index in [2.05, 4.69) is 0 Å². The van der Waals surface area contributed by atoms with Crippen LogP contribution in [0.5, 0.6) is 0 Å². The quantitative estimate of drug-likeness (QED) is 0.721. The molecule has 0 amide bonds. The Bertz CT molecular complexity index is 1420. The highest BCUT2D eigenvalue weighted by Crippen LogP contribution is 2.34. The molecule has 0 aliphatic carbocycles. The van der Waals surface area contributed by atoms with Gasteiger partial charge in [0, 0.05) is 16.0 Å². The summed E-state index contributed by atoms with van der Waals surface area (Å²) in [7, 11) is 0. The fraction of sp³-hybridized carbons (Fsp3) is 0.0476. The Morgan fingerprint density at radius 2 is 1.37 bits per heavy atom. The van der Waals surface area contributed by atoms with Gasteiger partial charge in [0.15, 0.2) is 0 Å². The molecule has 0 aliphatic heterocycles.